The third-order valence-electron chi connectivity index (χ3n) is 4.24. The lowest BCUT2D eigenvalue weighted by Gasteiger charge is -2.44. The molecule has 1 atom stereocenters. The Balaban J connectivity index is 2.01. The largest absolute Gasteiger partial charge is 0.459 e. The summed E-state index contributed by atoms with van der Waals surface area (Å²) in [5.74, 6) is 0.834. The topological polar surface area (TPSA) is 48.4 Å². The highest BCUT2D eigenvalue weighted by Crippen LogP contribution is 2.44. The van der Waals surface area contributed by atoms with Crippen LogP contribution in [-0.2, 0) is 4.74 Å². The molecule has 1 aliphatic rings. The van der Waals surface area contributed by atoms with Gasteiger partial charge in [0.15, 0.2) is 0 Å². The van der Waals surface area contributed by atoms with Gasteiger partial charge in [0.25, 0.3) is 0 Å². The average molecular weight is 245 g/mol. The van der Waals surface area contributed by atoms with Crippen LogP contribution in [-0.4, -0.2) is 12.7 Å². The first kappa shape index (κ1) is 11.8. The maximum atomic E-state index is 6.34. The molecule has 0 spiro atoms. The van der Waals surface area contributed by atoms with Crippen molar-refractivity contribution in [2.45, 2.75) is 37.8 Å². The molecule has 0 saturated heterocycles. The Kier molecular flexibility index (Phi) is 2.68. The van der Waals surface area contributed by atoms with Crippen molar-refractivity contribution in [2.75, 3.05) is 7.11 Å². The first-order valence-corrected chi connectivity index (χ1v) is 6.46. The zero-order chi connectivity index (χ0) is 12.8. The highest BCUT2D eigenvalue weighted by molar-refractivity contribution is 5.81. The molecule has 0 bridgehead atoms. The smallest absolute Gasteiger partial charge is 0.137 e. The second-order valence-corrected chi connectivity index (χ2v) is 5.24. The molecule has 0 amide bonds. The van der Waals surface area contributed by atoms with Gasteiger partial charge in [-0.25, -0.2) is 0 Å². The minimum atomic E-state index is -0.220. The minimum absolute atomic E-state index is 0.178. The number of methoxy groups -OCH3 is 1. The summed E-state index contributed by atoms with van der Waals surface area (Å²) in [6, 6.07) is 8.02. The zero-order valence-corrected chi connectivity index (χ0v) is 10.9. The lowest BCUT2D eigenvalue weighted by molar-refractivity contribution is -0.0947. The Morgan fingerprint density at radius 3 is 2.72 bits per heavy atom. The molecule has 2 aromatic rings. The van der Waals surface area contributed by atoms with Crippen LogP contribution in [0.1, 0.15) is 36.6 Å². The number of furan rings is 1. The van der Waals surface area contributed by atoms with Crippen LogP contribution >= 0.6 is 0 Å². The van der Waals surface area contributed by atoms with Crippen LogP contribution in [0.3, 0.4) is 0 Å². The molecule has 1 unspecified atom stereocenters. The molecule has 1 saturated carbocycles. The minimum Gasteiger partial charge on any atom is -0.459 e. The van der Waals surface area contributed by atoms with Crippen LogP contribution in [0.5, 0.6) is 0 Å². The number of benzene rings is 1. The van der Waals surface area contributed by atoms with Crippen molar-refractivity contribution in [3.63, 3.8) is 0 Å². The predicted octanol–water partition coefficient (Wildman–Crippen LogP) is 3.31. The normalized spacial score (nSPS) is 19.7. The van der Waals surface area contributed by atoms with Gasteiger partial charge in [-0.3, -0.25) is 0 Å². The molecule has 1 aliphatic carbocycles. The number of para-hydroxylation sites is 1. The van der Waals surface area contributed by atoms with Crippen molar-refractivity contribution < 1.29 is 9.15 Å². The fraction of sp³-hybridized carbons (Fsp3) is 0.467. The monoisotopic (exact) mass is 245 g/mol. The van der Waals surface area contributed by atoms with Gasteiger partial charge in [0.1, 0.15) is 11.3 Å². The molecule has 18 heavy (non-hydrogen) atoms. The first-order valence-electron chi connectivity index (χ1n) is 6.46. The van der Waals surface area contributed by atoms with E-state index >= 15 is 0 Å². The van der Waals surface area contributed by atoms with E-state index in [1.807, 2.05) is 12.1 Å². The number of hydrogen-bond donors (Lipinski definition) is 1. The lowest BCUT2D eigenvalue weighted by atomic mass is 9.74. The van der Waals surface area contributed by atoms with Crippen molar-refractivity contribution >= 4 is 11.0 Å². The number of fused-ring (bicyclic) bond motifs is 1. The van der Waals surface area contributed by atoms with Gasteiger partial charge in [-0.2, -0.15) is 0 Å². The fourth-order valence-electron chi connectivity index (χ4n) is 2.81. The molecule has 0 radical (unpaired) electrons. The summed E-state index contributed by atoms with van der Waals surface area (Å²) < 4.78 is 11.6. The van der Waals surface area contributed by atoms with Gasteiger partial charge < -0.3 is 14.9 Å². The Labute approximate surface area is 107 Å². The van der Waals surface area contributed by atoms with Gasteiger partial charge in [0.05, 0.1) is 11.6 Å². The van der Waals surface area contributed by atoms with Gasteiger partial charge in [0, 0.05) is 12.5 Å². The van der Waals surface area contributed by atoms with Crippen LogP contribution in [0.4, 0.5) is 0 Å². The number of hydrogen-bond acceptors (Lipinski definition) is 3. The molecule has 1 heterocycles. The molecule has 1 aromatic carbocycles. The quantitative estimate of drug-likeness (QED) is 0.902. The predicted molar refractivity (Wildman–Crippen MR) is 71.5 cm³/mol. The number of nitrogens with two attached hydrogens (primary N) is 1. The standard InChI is InChI=1S/C15H19NO2/c1-10-5-3-6-11-9-12(18-13(10)11)14(16)15(17-2)7-4-8-15/h3,5-6,9,14H,4,7-8,16H2,1-2H3. The lowest BCUT2D eigenvalue weighted by Crippen LogP contribution is -2.48. The summed E-state index contributed by atoms with van der Waals surface area (Å²) in [6.45, 7) is 2.05. The van der Waals surface area contributed by atoms with Crippen molar-refractivity contribution in [1.82, 2.24) is 0 Å². The van der Waals surface area contributed by atoms with Crippen molar-refractivity contribution in [3.05, 3.63) is 35.6 Å². The average Bonchev–Trinajstić information content (AvgIpc) is 2.73. The zero-order valence-electron chi connectivity index (χ0n) is 10.9. The maximum Gasteiger partial charge on any atom is 0.137 e. The second-order valence-electron chi connectivity index (χ2n) is 5.24. The Morgan fingerprint density at radius 2 is 2.17 bits per heavy atom. The van der Waals surface area contributed by atoms with Gasteiger partial charge >= 0.3 is 0 Å². The molecule has 2 N–H and O–H groups in total. The van der Waals surface area contributed by atoms with Crippen molar-refractivity contribution in [1.29, 1.82) is 0 Å². The van der Waals surface area contributed by atoms with Crippen molar-refractivity contribution in [2.24, 2.45) is 5.73 Å². The highest BCUT2D eigenvalue weighted by Gasteiger charge is 2.44. The van der Waals surface area contributed by atoms with Crippen molar-refractivity contribution in [3.8, 4) is 0 Å². The van der Waals surface area contributed by atoms with E-state index in [-0.39, 0.29) is 11.6 Å². The summed E-state index contributed by atoms with van der Waals surface area (Å²) in [4.78, 5) is 0. The van der Waals surface area contributed by atoms with Gasteiger partial charge in [-0.05, 0) is 37.8 Å². The molecular formula is C15H19NO2. The number of ether oxygens (including phenoxy) is 1. The summed E-state index contributed by atoms with van der Waals surface area (Å²) in [7, 11) is 1.74. The van der Waals surface area contributed by atoms with Gasteiger partial charge in [-0.15, -0.1) is 0 Å². The maximum absolute atomic E-state index is 6.34. The van der Waals surface area contributed by atoms with Crippen LogP contribution < -0.4 is 5.73 Å². The van der Waals surface area contributed by atoms with E-state index in [9.17, 15) is 0 Å². The van der Waals surface area contributed by atoms with Crippen LogP contribution in [0.15, 0.2) is 28.7 Å². The molecule has 1 fully saturated rings. The van der Waals surface area contributed by atoms with Crippen LogP contribution in [0.2, 0.25) is 0 Å². The van der Waals surface area contributed by atoms with Gasteiger partial charge in [0.2, 0.25) is 0 Å². The van der Waals surface area contributed by atoms with Crippen LogP contribution in [0, 0.1) is 6.92 Å². The molecule has 1 aromatic heterocycles. The molecular weight excluding hydrogens is 226 g/mol. The Morgan fingerprint density at radius 1 is 1.39 bits per heavy atom. The summed E-state index contributed by atoms with van der Waals surface area (Å²) >= 11 is 0. The summed E-state index contributed by atoms with van der Waals surface area (Å²) in [5, 5.41) is 1.12. The molecule has 96 valence electrons. The second kappa shape index (κ2) is 4.11. The fourth-order valence-corrected chi connectivity index (χ4v) is 2.81. The van der Waals surface area contributed by atoms with E-state index in [2.05, 4.69) is 19.1 Å². The summed E-state index contributed by atoms with van der Waals surface area (Å²) in [5.41, 5.74) is 8.20. The number of aryl methyl sites for hydroxylation is 1. The van der Waals surface area contributed by atoms with E-state index in [1.54, 1.807) is 7.11 Å². The first-order chi connectivity index (χ1) is 8.66. The number of rotatable bonds is 3. The molecule has 3 rings (SSSR count). The van der Waals surface area contributed by atoms with Crippen LogP contribution in [0.25, 0.3) is 11.0 Å². The molecule has 3 heteroatoms. The van der Waals surface area contributed by atoms with E-state index in [0.29, 0.717) is 0 Å². The third kappa shape index (κ3) is 1.58. The Hall–Kier alpha value is -1.32. The van der Waals surface area contributed by atoms with E-state index in [0.717, 1.165) is 35.1 Å². The molecule has 3 nitrogen and oxygen atoms in total. The highest BCUT2D eigenvalue weighted by atomic mass is 16.5. The summed E-state index contributed by atoms with van der Waals surface area (Å²) in [6.07, 6.45) is 3.21. The van der Waals surface area contributed by atoms with E-state index < -0.39 is 0 Å². The van der Waals surface area contributed by atoms with Gasteiger partial charge in [-0.1, -0.05) is 18.2 Å². The molecule has 0 aliphatic heterocycles. The Bertz CT molecular complexity index is 563. The van der Waals surface area contributed by atoms with E-state index in [4.69, 9.17) is 14.9 Å². The van der Waals surface area contributed by atoms with E-state index in [1.165, 1.54) is 6.42 Å². The SMILES string of the molecule is COC1(C(N)c2cc3cccc(C)c3o2)CCC1. The third-order valence-corrected chi connectivity index (χ3v) is 4.24.